The summed E-state index contributed by atoms with van der Waals surface area (Å²) < 4.78 is 44.0. The van der Waals surface area contributed by atoms with Crippen molar-refractivity contribution in [1.82, 2.24) is 24.7 Å². The van der Waals surface area contributed by atoms with Gasteiger partial charge < -0.3 is 10.2 Å². The lowest BCUT2D eigenvalue weighted by molar-refractivity contribution is 0.374. The maximum absolute atomic E-state index is 14.7. The zero-order valence-corrected chi connectivity index (χ0v) is 19.7. The summed E-state index contributed by atoms with van der Waals surface area (Å²) in [5.74, 6) is -1.52. The van der Waals surface area contributed by atoms with Gasteiger partial charge in [-0.15, -0.1) is 5.10 Å². The Morgan fingerprint density at radius 2 is 1.77 bits per heavy atom. The van der Waals surface area contributed by atoms with Crippen LogP contribution in [0, 0.1) is 29.3 Å². The highest BCUT2D eigenvalue weighted by molar-refractivity contribution is 6.29. The van der Waals surface area contributed by atoms with Crippen molar-refractivity contribution in [2.24, 2.45) is 11.8 Å². The van der Waals surface area contributed by atoms with Gasteiger partial charge in [-0.2, -0.15) is 4.98 Å². The topological polar surface area (TPSA) is 71.8 Å². The molecule has 4 atom stereocenters. The quantitative estimate of drug-likeness (QED) is 0.408. The van der Waals surface area contributed by atoms with Crippen LogP contribution in [0.3, 0.4) is 0 Å². The van der Waals surface area contributed by atoms with Gasteiger partial charge in [-0.05, 0) is 43.6 Å². The number of hydrogen-bond donors (Lipinski definition) is 1. The fraction of sp³-hybridized carbons (Fsp3) is 0.500. The van der Waals surface area contributed by atoms with Gasteiger partial charge in [0.2, 0.25) is 5.95 Å². The maximum Gasteiger partial charge on any atom is 0.242 e. The number of aromatic nitrogens is 5. The second-order valence-electron chi connectivity index (χ2n) is 9.70. The molecule has 2 aromatic heterocycles. The number of benzene rings is 1. The van der Waals surface area contributed by atoms with Crippen LogP contribution in [-0.2, 0) is 6.54 Å². The van der Waals surface area contributed by atoms with Crippen molar-refractivity contribution >= 4 is 23.4 Å². The summed E-state index contributed by atoms with van der Waals surface area (Å²) in [7, 11) is 0. The van der Waals surface area contributed by atoms with Crippen molar-refractivity contribution in [3.05, 3.63) is 58.5 Å². The van der Waals surface area contributed by atoms with Crippen molar-refractivity contribution in [1.29, 1.82) is 0 Å². The Balaban J connectivity index is 1.24. The lowest BCUT2D eigenvalue weighted by atomic mass is 9.92. The average molecular weight is 504 g/mol. The van der Waals surface area contributed by atoms with Gasteiger partial charge in [0.15, 0.2) is 17.5 Å². The minimum absolute atomic E-state index is 0.128. The zero-order valence-electron chi connectivity index (χ0n) is 19.0. The molecule has 11 heteroatoms. The number of hydrogen-bond acceptors (Lipinski definition) is 6. The first-order valence-corrected chi connectivity index (χ1v) is 12.4. The molecule has 2 bridgehead atoms. The van der Waals surface area contributed by atoms with Crippen LogP contribution >= 0.6 is 11.6 Å². The first kappa shape index (κ1) is 22.6. The number of fused-ring (bicyclic) bond motifs is 3. The van der Waals surface area contributed by atoms with Gasteiger partial charge in [-0.1, -0.05) is 24.1 Å². The molecule has 1 unspecified atom stereocenters. The maximum atomic E-state index is 14.7. The monoisotopic (exact) mass is 503 g/mol. The Hall–Kier alpha value is -2.88. The molecular weight excluding hydrogens is 479 g/mol. The zero-order chi connectivity index (χ0) is 24.1. The molecular formula is C24H25ClF3N7. The molecule has 0 spiro atoms. The van der Waals surface area contributed by atoms with Gasteiger partial charge in [-0.25, -0.2) is 27.8 Å². The van der Waals surface area contributed by atoms with E-state index in [1.807, 2.05) is 0 Å². The minimum Gasteiger partial charge on any atom is -0.356 e. The summed E-state index contributed by atoms with van der Waals surface area (Å²) in [5, 5.41) is 8.67. The van der Waals surface area contributed by atoms with Crippen LogP contribution in [0.15, 0.2) is 24.5 Å². The highest BCUT2D eigenvalue weighted by Crippen LogP contribution is 2.40. The summed E-state index contributed by atoms with van der Waals surface area (Å²) >= 11 is 6.06. The van der Waals surface area contributed by atoms with Crippen molar-refractivity contribution in [2.45, 2.75) is 50.6 Å². The molecule has 4 heterocycles. The van der Waals surface area contributed by atoms with E-state index in [4.69, 9.17) is 16.6 Å². The third-order valence-corrected chi connectivity index (χ3v) is 7.84. The molecule has 2 fully saturated rings. The standard InChI is InChI=1S/C24H25ClF3N7/c25-18-9-19(30-12-29-18)34-10-13-4-5-14(11-34)22(13)31-24-32-23-16(3-1-2-8-35(23)33-24)15-6-7-17(26)21(28)20(15)27/h6-7,9,12-14,16,22H,1-5,8,10-11H2,(H,31,33)/t13-,14+,16?,22-. The van der Waals surface area contributed by atoms with Crippen LogP contribution in [0.1, 0.15) is 49.4 Å². The normalized spacial score (nSPS) is 25.9. The number of anilines is 2. The lowest BCUT2D eigenvalue weighted by Gasteiger charge is -2.38. The molecule has 1 aliphatic carbocycles. The number of aryl methyl sites for hydroxylation is 1. The van der Waals surface area contributed by atoms with Crippen molar-refractivity contribution in [2.75, 3.05) is 23.3 Å². The first-order valence-electron chi connectivity index (χ1n) is 12.0. The summed E-state index contributed by atoms with van der Waals surface area (Å²) in [6.07, 6.45) is 5.96. The van der Waals surface area contributed by atoms with E-state index < -0.39 is 23.4 Å². The Morgan fingerprint density at radius 3 is 2.54 bits per heavy atom. The lowest BCUT2D eigenvalue weighted by Crippen LogP contribution is -2.48. The fourth-order valence-electron chi connectivity index (χ4n) is 5.97. The first-order chi connectivity index (χ1) is 17.0. The van der Waals surface area contributed by atoms with Crippen LogP contribution in [0.5, 0.6) is 0 Å². The Kier molecular flexibility index (Phi) is 5.78. The molecule has 1 saturated carbocycles. The molecule has 35 heavy (non-hydrogen) atoms. The third kappa shape index (κ3) is 4.11. The smallest absolute Gasteiger partial charge is 0.242 e. The number of halogens is 4. The molecule has 1 aromatic carbocycles. The van der Waals surface area contributed by atoms with Crippen LogP contribution < -0.4 is 10.2 Å². The molecule has 3 aromatic rings. The van der Waals surface area contributed by atoms with Gasteiger partial charge in [-0.3, -0.25) is 0 Å². The van der Waals surface area contributed by atoms with Gasteiger partial charge in [0.05, 0.1) is 0 Å². The predicted octanol–water partition coefficient (Wildman–Crippen LogP) is 4.78. The number of rotatable bonds is 4. The Morgan fingerprint density at radius 1 is 0.971 bits per heavy atom. The molecule has 0 radical (unpaired) electrons. The molecule has 0 amide bonds. The summed E-state index contributed by atoms with van der Waals surface area (Å²) in [5.41, 5.74) is 0.128. The predicted molar refractivity (Wildman–Crippen MR) is 125 cm³/mol. The van der Waals surface area contributed by atoms with E-state index in [1.54, 1.807) is 10.7 Å². The molecule has 2 aliphatic heterocycles. The minimum atomic E-state index is -1.44. The van der Waals surface area contributed by atoms with Gasteiger partial charge in [0.1, 0.15) is 23.1 Å². The molecule has 1 saturated heterocycles. The van der Waals surface area contributed by atoms with Crippen LogP contribution in [0.25, 0.3) is 0 Å². The van der Waals surface area contributed by atoms with Crippen molar-refractivity contribution < 1.29 is 13.2 Å². The van der Waals surface area contributed by atoms with E-state index in [0.29, 0.717) is 41.7 Å². The number of piperidine rings is 1. The summed E-state index contributed by atoms with van der Waals surface area (Å²) in [6.45, 7) is 2.35. The molecule has 184 valence electrons. The van der Waals surface area contributed by atoms with Crippen LogP contribution in [0.4, 0.5) is 24.9 Å². The van der Waals surface area contributed by atoms with Crippen molar-refractivity contribution in [3.63, 3.8) is 0 Å². The highest BCUT2D eigenvalue weighted by Gasteiger charge is 2.43. The third-order valence-electron chi connectivity index (χ3n) is 7.64. The largest absolute Gasteiger partial charge is 0.356 e. The van der Waals surface area contributed by atoms with Crippen LogP contribution in [0.2, 0.25) is 5.15 Å². The molecule has 6 rings (SSSR count). The SMILES string of the molecule is Fc1ccc(C2CCCCn3nc(N[C@@H]4[C@@H]5CC[C@H]4CN(c4cc(Cl)ncn4)C5)nc32)c(F)c1F. The van der Waals surface area contributed by atoms with Gasteiger partial charge >= 0.3 is 0 Å². The number of nitrogens with one attached hydrogen (secondary N) is 1. The van der Waals surface area contributed by atoms with E-state index in [1.165, 1.54) is 12.4 Å². The second kappa shape index (κ2) is 8.96. The molecule has 3 aliphatic rings. The van der Waals surface area contributed by atoms with E-state index in [-0.39, 0.29) is 11.6 Å². The van der Waals surface area contributed by atoms with E-state index in [9.17, 15) is 13.2 Å². The van der Waals surface area contributed by atoms with Crippen molar-refractivity contribution in [3.8, 4) is 0 Å². The average Bonchev–Trinajstić information content (AvgIpc) is 3.25. The van der Waals surface area contributed by atoms with Gasteiger partial charge in [0, 0.05) is 43.2 Å². The van der Waals surface area contributed by atoms with E-state index in [0.717, 1.165) is 50.7 Å². The fourth-order valence-corrected chi connectivity index (χ4v) is 6.11. The van der Waals surface area contributed by atoms with Gasteiger partial charge in [0.25, 0.3) is 0 Å². The number of nitrogens with zero attached hydrogens (tertiary/aromatic N) is 6. The Bertz CT molecular complexity index is 1240. The Labute approximate surface area is 205 Å². The summed E-state index contributed by atoms with van der Waals surface area (Å²) in [6, 6.07) is 4.31. The molecule has 1 N–H and O–H groups in total. The second-order valence-corrected chi connectivity index (χ2v) is 10.1. The van der Waals surface area contributed by atoms with E-state index in [2.05, 4.69) is 25.3 Å². The summed E-state index contributed by atoms with van der Waals surface area (Å²) in [4.78, 5) is 15.4. The van der Waals surface area contributed by atoms with Crippen LogP contribution in [-0.4, -0.2) is 43.9 Å². The van der Waals surface area contributed by atoms with E-state index >= 15 is 0 Å². The molecule has 7 nitrogen and oxygen atoms in total. The highest BCUT2D eigenvalue weighted by atomic mass is 35.5.